The second-order valence-corrected chi connectivity index (χ2v) is 10.5. The monoisotopic (exact) mass is 246 g/mol. The van der Waals surface area contributed by atoms with Gasteiger partial charge in [-0.3, -0.25) is 4.79 Å². The highest BCUT2D eigenvalue weighted by Crippen LogP contribution is 2.37. The van der Waals surface area contributed by atoms with Gasteiger partial charge in [-0.05, 0) is 32.0 Å². The summed E-state index contributed by atoms with van der Waals surface area (Å²) in [5.41, 5.74) is 0. The first-order chi connectivity index (χ1) is 7.10. The van der Waals surface area contributed by atoms with E-state index in [9.17, 15) is 4.79 Å². The molecule has 0 aromatic rings. The van der Waals surface area contributed by atoms with Crippen molar-refractivity contribution in [1.29, 1.82) is 0 Å². The Morgan fingerprint density at radius 3 is 2.19 bits per heavy atom. The van der Waals surface area contributed by atoms with E-state index in [4.69, 9.17) is 9.16 Å². The van der Waals surface area contributed by atoms with Crippen molar-refractivity contribution in [3.05, 3.63) is 0 Å². The molecular weight excluding hydrogens is 220 g/mol. The van der Waals surface area contributed by atoms with E-state index in [-0.39, 0.29) is 17.1 Å². The lowest BCUT2D eigenvalue weighted by Crippen LogP contribution is -2.43. The van der Waals surface area contributed by atoms with Crippen LogP contribution < -0.4 is 0 Å². The summed E-state index contributed by atoms with van der Waals surface area (Å²) in [4.78, 5) is 11.3. The van der Waals surface area contributed by atoms with Gasteiger partial charge in [-0.2, -0.15) is 0 Å². The molecule has 0 fully saturated rings. The predicted octanol–water partition coefficient (Wildman–Crippen LogP) is 3.35. The van der Waals surface area contributed by atoms with Gasteiger partial charge < -0.3 is 9.16 Å². The third-order valence-corrected chi connectivity index (χ3v) is 7.67. The highest BCUT2D eigenvalue weighted by molar-refractivity contribution is 6.74. The van der Waals surface area contributed by atoms with Crippen molar-refractivity contribution < 1.29 is 14.0 Å². The minimum Gasteiger partial charge on any atom is -0.466 e. The molecule has 0 N–H and O–H groups in total. The Labute approximate surface area is 101 Å². The summed E-state index contributed by atoms with van der Waals surface area (Å²) in [5, 5.41) is 0.177. The van der Waals surface area contributed by atoms with E-state index >= 15 is 0 Å². The van der Waals surface area contributed by atoms with Gasteiger partial charge in [0.05, 0.1) is 19.1 Å². The topological polar surface area (TPSA) is 35.5 Å². The Balaban J connectivity index is 4.24. The van der Waals surface area contributed by atoms with Crippen LogP contribution in [-0.4, -0.2) is 27.0 Å². The lowest BCUT2D eigenvalue weighted by molar-refractivity contribution is -0.144. The van der Waals surface area contributed by atoms with E-state index in [1.54, 1.807) is 0 Å². The molecule has 0 aliphatic rings. The second kappa shape index (κ2) is 5.82. The SMILES string of the molecule is CCOC(=O)C[C@@H](C)O[Si](C)(C)C(C)(C)C. The van der Waals surface area contributed by atoms with Gasteiger partial charge in [0.25, 0.3) is 0 Å². The molecule has 0 rings (SSSR count). The largest absolute Gasteiger partial charge is 0.466 e. The fourth-order valence-electron chi connectivity index (χ4n) is 1.18. The van der Waals surface area contributed by atoms with E-state index < -0.39 is 8.32 Å². The summed E-state index contributed by atoms with van der Waals surface area (Å²) in [7, 11) is -1.77. The maximum absolute atomic E-state index is 11.3. The maximum Gasteiger partial charge on any atom is 0.308 e. The minimum atomic E-state index is -1.77. The first-order valence-corrected chi connectivity index (χ1v) is 8.84. The predicted molar refractivity (Wildman–Crippen MR) is 69.0 cm³/mol. The molecule has 0 bridgehead atoms. The summed E-state index contributed by atoms with van der Waals surface area (Å²) in [6.45, 7) is 15.1. The molecule has 0 saturated heterocycles. The van der Waals surface area contributed by atoms with Crippen LogP contribution >= 0.6 is 0 Å². The summed E-state index contributed by atoms with van der Waals surface area (Å²) >= 11 is 0. The van der Waals surface area contributed by atoms with Gasteiger partial charge in [0, 0.05) is 0 Å². The number of rotatable bonds is 5. The van der Waals surface area contributed by atoms with Crippen molar-refractivity contribution in [2.45, 2.75) is 65.3 Å². The summed E-state index contributed by atoms with van der Waals surface area (Å²) < 4.78 is 11.0. The zero-order valence-electron chi connectivity index (χ0n) is 11.7. The Hall–Kier alpha value is -0.353. The van der Waals surface area contributed by atoms with E-state index in [2.05, 4.69) is 33.9 Å². The molecule has 4 heteroatoms. The Kier molecular flexibility index (Phi) is 5.69. The van der Waals surface area contributed by atoms with E-state index in [1.165, 1.54) is 0 Å². The van der Waals surface area contributed by atoms with Crippen molar-refractivity contribution in [1.82, 2.24) is 0 Å². The molecule has 0 aromatic heterocycles. The molecule has 96 valence electrons. The van der Waals surface area contributed by atoms with E-state index in [0.29, 0.717) is 13.0 Å². The molecule has 0 heterocycles. The molecule has 0 saturated carbocycles. The minimum absolute atomic E-state index is 0.0556. The first-order valence-electron chi connectivity index (χ1n) is 5.93. The standard InChI is InChI=1S/C12H26O3Si/c1-8-14-11(13)9-10(2)15-16(6,7)12(3,4)5/h10H,8-9H2,1-7H3/t10-/m1/s1. The molecule has 1 atom stereocenters. The van der Waals surface area contributed by atoms with Crippen LogP contribution in [0.5, 0.6) is 0 Å². The molecule has 0 aliphatic carbocycles. The molecule has 0 spiro atoms. The van der Waals surface area contributed by atoms with E-state index in [1.807, 2.05) is 13.8 Å². The summed E-state index contributed by atoms with van der Waals surface area (Å²) in [6.07, 6.45) is 0.292. The van der Waals surface area contributed by atoms with Crippen LogP contribution in [0.3, 0.4) is 0 Å². The van der Waals surface area contributed by atoms with E-state index in [0.717, 1.165) is 0 Å². The summed E-state index contributed by atoms with van der Waals surface area (Å²) in [5.74, 6) is -0.172. The third kappa shape index (κ3) is 5.12. The number of hydrogen-bond acceptors (Lipinski definition) is 3. The molecule has 0 aromatic carbocycles. The molecular formula is C12H26O3Si. The molecule has 3 nitrogen and oxygen atoms in total. The quantitative estimate of drug-likeness (QED) is 0.551. The Morgan fingerprint density at radius 2 is 1.81 bits per heavy atom. The second-order valence-electron chi connectivity index (χ2n) is 5.70. The fraction of sp³-hybridized carbons (Fsp3) is 0.917. The molecule has 16 heavy (non-hydrogen) atoms. The van der Waals surface area contributed by atoms with Crippen molar-refractivity contribution in [2.24, 2.45) is 0 Å². The van der Waals surface area contributed by atoms with Crippen LogP contribution in [0.25, 0.3) is 0 Å². The molecule has 0 amide bonds. The van der Waals surface area contributed by atoms with Crippen LogP contribution in [0.2, 0.25) is 18.1 Å². The molecule has 0 unspecified atom stereocenters. The van der Waals surface area contributed by atoms with Crippen molar-refractivity contribution in [2.75, 3.05) is 6.61 Å². The van der Waals surface area contributed by atoms with Crippen LogP contribution in [0.15, 0.2) is 0 Å². The summed E-state index contributed by atoms with van der Waals surface area (Å²) in [6, 6.07) is 0. The number of hydrogen-bond donors (Lipinski definition) is 0. The fourth-order valence-corrected chi connectivity index (χ4v) is 2.62. The Bertz CT molecular complexity index is 231. The lowest BCUT2D eigenvalue weighted by Gasteiger charge is -2.38. The zero-order valence-corrected chi connectivity index (χ0v) is 12.7. The average molecular weight is 246 g/mol. The van der Waals surface area contributed by atoms with Crippen molar-refractivity contribution in [3.8, 4) is 0 Å². The number of carbonyl (C=O) groups excluding carboxylic acids is 1. The van der Waals surface area contributed by atoms with Crippen LogP contribution in [0, 0.1) is 0 Å². The van der Waals surface area contributed by atoms with Gasteiger partial charge in [0.2, 0.25) is 0 Å². The Morgan fingerprint density at radius 1 is 1.31 bits per heavy atom. The first kappa shape index (κ1) is 15.6. The third-order valence-electron chi connectivity index (χ3n) is 3.06. The lowest BCUT2D eigenvalue weighted by atomic mass is 10.2. The van der Waals surface area contributed by atoms with Crippen LogP contribution in [0.4, 0.5) is 0 Å². The smallest absolute Gasteiger partial charge is 0.308 e. The normalized spacial score (nSPS) is 14.7. The molecule has 0 radical (unpaired) electrons. The number of esters is 1. The number of ether oxygens (including phenoxy) is 1. The van der Waals surface area contributed by atoms with Gasteiger partial charge in [0.1, 0.15) is 0 Å². The van der Waals surface area contributed by atoms with Gasteiger partial charge in [-0.1, -0.05) is 20.8 Å². The average Bonchev–Trinajstić information content (AvgIpc) is 1.99. The molecule has 0 aliphatic heterocycles. The highest BCUT2D eigenvalue weighted by Gasteiger charge is 2.38. The van der Waals surface area contributed by atoms with Crippen LogP contribution in [-0.2, 0) is 14.0 Å². The number of carbonyl (C=O) groups is 1. The highest BCUT2D eigenvalue weighted by atomic mass is 28.4. The van der Waals surface area contributed by atoms with Crippen LogP contribution in [0.1, 0.15) is 41.0 Å². The van der Waals surface area contributed by atoms with Gasteiger partial charge >= 0.3 is 5.97 Å². The van der Waals surface area contributed by atoms with Gasteiger partial charge in [0.15, 0.2) is 8.32 Å². The zero-order chi connectivity index (χ0) is 13.0. The maximum atomic E-state index is 11.3. The van der Waals surface area contributed by atoms with Gasteiger partial charge in [-0.15, -0.1) is 0 Å². The van der Waals surface area contributed by atoms with Crippen molar-refractivity contribution >= 4 is 14.3 Å². The van der Waals surface area contributed by atoms with Crippen molar-refractivity contribution in [3.63, 3.8) is 0 Å². The van der Waals surface area contributed by atoms with Gasteiger partial charge in [-0.25, -0.2) is 0 Å².